The second kappa shape index (κ2) is 5.53. The maximum atomic E-state index is 11.1. The number of hydrogen-bond acceptors (Lipinski definition) is 2. The first-order chi connectivity index (χ1) is 10.2. The van der Waals surface area contributed by atoms with Gasteiger partial charge in [0.15, 0.2) is 0 Å². The summed E-state index contributed by atoms with van der Waals surface area (Å²) < 4.78 is 0. The van der Waals surface area contributed by atoms with Gasteiger partial charge in [-0.05, 0) is 87.0 Å². The topological polar surface area (TPSA) is 23.5 Å². The predicted molar refractivity (Wildman–Crippen MR) is 86.1 cm³/mol. The van der Waals surface area contributed by atoms with Crippen molar-refractivity contribution in [3.63, 3.8) is 0 Å². The molecule has 5 saturated carbocycles. The van der Waals surface area contributed by atoms with Crippen molar-refractivity contribution >= 4 is 0 Å². The molecule has 1 N–H and O–H groups in total. The first-order valence-electron chi connectivity index (χ1n) is 9.57. The quantitative estimate of drug-likeness (QED) is 0.807. The molecule has 120 valence electrons. The van der Waals surface area contributed by atoms with E-state index in [0.717, 1.165) is 36.8 Å². The summed E-state index contributed by atoms with van der Waals surface area (Å²) in [6.07, 6.45) is 12.6. The van der Waals surface area contributed by atoms with E-state index < -0.39 is 0 Å². The average molecular weight is 291 g/mol. The van der Waals surface area contributed by atoms with Gasteiger partial charge in [-0.1, -0.05) is 13.3 Å². The monoisotopic (exact) mass is 291 g/mol. The normalized spacial score (nSPS) is 43.3. The third kappa shape index (κ3) is 2.67. The van der Waals surface area contributed by atoms with Gasteiger partial charge in [0, 0.05) is 13.1 Å². The largest absolute Gasteiger partial charge is 0.391 e. The summed E-state index contributed by atoms with van der Waals surface area (Å²) >= 11 is 0. The number of aliphatic hydroxyl groups excluding tert-OH is 1. The molecule has 5 aliphatic carbocycles. The van der Waals surface area contributed by atoms with Crippen LogP contribution in [0.25, 0.3) is 0 Å². The fraction of sp³-hybridized carbons (Fsp3) is 1.00. The molecular formula is C19H33NO. The maximum Gasteiger partial charge on any atom is 0.0723 e. The summed E-state index contributed by atoms with van der Waals surface area (Å²) in [5, 5.41) is 11.1. The van der Waals surface area contributed by atoms with Gasteiger partial charge < -0.3 is 10.0 Å². The Hall–Kier alpha value is -0.0800. The zero-order valence-corrected chi connectivity index (χ0v) is 13.8. The van der Waals surface area contributed by atoms with Crippen molar-refractivity contribution in [2.24, 2.45) is 29.1 Å². The third-order valence-electron chi connectivity index (χ3n) is 7.41. The van der Waals surface area contributed by atoms with Crippen molar-refractivity contribution in [3.05, 3.63) is 0 Å². The van der Waals surface area contributed by atoms with E-state index in [4.69, 9.17) is 0 Å². The Labute approximate surface area is 130 Å². The predicted octanol–water partition coefficient (Wildman–Crippen LogP) is 3.69. The molecule has 0 heterocycles. The smallest absolute Gasteiger partial charge is 0.0723 e. The minimum absolute atomic E-state index is 0.0640. The third-order valence-corrected chi connectivity index (χ3v) is 7.41. The summed E-state index contributed by atoms with van der Waals surface area (Å²) in [5.41, 5.74) is 0.307. The molecule has 21 heavy (non-hydrogen) atoms. The highest BCUT2D eigenvalue weighted by atomic mass is 16.3. The molecular weight excluding hydrogens is 258 g/mol. The molecule has 0 spiro atoms. The van der Waals surface area contributed by atoms with Gasteiger partial charge in [0.1, 0.15) is 0 Å². The van der Waals surface area contributed by atoms with Crippen molar-refractivity contribution in [2.45, 2.75) is 70.8 Å². The summed E-state index contributed by atoms with van der Waals surface area (Å²) in [7, 11) is 0. The molecule has 5 fully saturated rings. The molecule has 0 aromatic rings. The molecule has 5 aliphatic rings. The maximum absolute atomic E-state index is 11.1. The van der Waals surface area contributed by atoms with Crippen molar-refractivity contribution in [2.75, 3.05) is 19.6 Å². The lowest BCUT2D eigenvalue weighted by atomic mass is 9.48. The van der Waals surface area contributed by atoms with E-state index in [2.05, 4.69) is 11.8 Å². The van der Waals surface area contributed by atoms with Gasteiger partial charge in [0.25, 0.3) is 0 Å². The summed E-state index contributed by atoms with van der Waals surface area (Å²) in [5.74, 6) is 3.78. The summed E-state index contributed by atoms with van der Waals surface area (Å²) in [6.45, 7) is 5.56. The molecule has 2 nitrogen and oxygen atoms in total. The van der Waals surface area contributed by atoms with Gasteiger partial charge in [-0.3, -0.25) is 0 Å². The Bertz CT molecular complexity index is 340. The fourth-order valence-electron chi connectivity index (χ4n) is 6.40. The molecule has 1 unspecified atom stereocenters. The van der Waals surface area contributed by atoms with Gasteiger partial charge in [-0.2, -0.15) is 0 Å². The van der Waals surface area contributed by atoms with Crippen LogP contribution in [0.5, 0.6) is 0 Å². The first-order valence-corrected chi connectivity index (χ1v) is 9.57. The first kappa shape index (κ1) is 14.5. The van der Waals surface area contributed by atoms with Gasteiger partial charge >= 0.3 is 0 Å². The average Bonchev–Trinajstić information content (AvgIpc) is 2.39. The zero-order chi connectivity index (χ0) is 14.4. The molecule has 2 heteroatoms. The minimum atomic E-state index is -0.0640. The Morgan fingerprint density at radius 1 is 1.05 bits per heavy atom. The summed E-state index contributed by atoms with van der Waals surface area (Å²) in [6, 6.07) is 0. The molecule has 5 rings (SSSR count). The highest BCUT2D eigenvalue weighted by molar-refractivity contribution is 5.04. The van der Waals surface area contributed by atoms with Crippen molar-refractivity contribution < 1.29 is 5.11 Å². The highest BCUT2D eigenvalue weighted by Gasteiger charge is 2.54. The van der Waals surface area contributed by atoms with Crippen LogP contribution in [0.3, 0.4) is 0 Å². The molecule has 0 amide bonds. The van der Waals surface area contributed by atoms with E-state index >= 15 is 0 Å². The van der Waals surface area contributed by atoms with Crippen LogP contribution < -0.4 is 0 Å². The molecule has 4 bridgehead atoms. The van der Waals surface area contributed by atoms with Crippen LogP contribution in [0.2, 0.25) is 0 Å². The van der Waals surface area contributed by atoms with E-state index in [0.29, 0.717) is 5.41 Å². The zero-order valence-electron chi connectivity index (χ0n) is 13.8. The van der Waals surface area contributed by atoms with E-state index in [-0.39, 0.29) is 6.10 Å². The Morgan fingerprint density at radius 2 is 1.62 bits per heavy atom. The number of hydrogen-bond donors (Lipinski definition) is 1. The van der Waals surface area contributed by atoms with Gasteiger partial charge in [0.2, 0.25) is 0 Å². The highest BCUT2D eigenvalue weighted by Crippen LogP contribution is 2.61. The number of rotatable bonds is 6. The van der Waals surface area contributed by atoms with Crippen molar-refractivity contribution in [1.82, 2.24) is 4.90 Å². The van der Waals surface area contributed by atoms with Crippen LogP contribution >= 0.6 is 0 Å². The second-order valence-electron chi connectivity index (χ2n) is 8.94. The van der Waals surface area contributed by atoms with Gasteiger partial charge in [-0.25, -0.2) is 0 Å². The molecule has 0 saturated heterocycles. The second-order valence-corrected chi connectivity index (χ2v) is 8.94. The lowest BCUT2D eigenvalue weighted by Crippen LogP contribution is -2.54. The van der Waals surface area contributed by atoms with Crippen LogP contribution in [0.15, 0.2) is 0 Å². The van der Waals surface area contributed by atoms with Gasteiger partial charge in [-0.15, -0.1) is 0 Å². The Kier molecular flexibility index (Phi) is 3.82. The van der Waals surface area contributed by atoms with E-state index in [1.165, 1.54) is 64.3 Å². The number of likely N-dealkylation sites (N-methyl/N-ethyl adjacent to an activating group) is 1. The SMILES string of the molecule is CCN(CC1CCC1)CC(O)C12CC3CC(CC(C3)C1)C2. The van der Waals surface area contributed by atoms with Crippen LogP contribution in [0, 0.1) is 29.1 Å². The van der Waals surface area contributed by atoms with Gasteiger partial charge in [0.05, 0.1) is 6.10 Å². The Balaban J connectivity index is 1.40. The standard InChI is InChI=1S/C19H33NO/c1-2-20(12-14-4-3-5-14)13-18(21)19-9-15-6-16(10-19)8-17(7-15)11-19/h14-18,21H,2-13H2,1H3. The van der Waals surface area contributed by atoms with Crippen LogP contribution in [-0.4, -0.2) is 35.7 Å². The van der Waals surface area contributed by atoms with E-state index in [1.54, 1.807) is 0 Å². The number of aliphatic hydroxyl groups is 1. The van der Waals surface area contributed by atoms with Crippen LogP contribution in [0.1, 0.15) is 64.7 Å². The summed E-state index contributed by atoms with van der Waals surface area (Å²) in [4.78, 5) is 2.55. The molecule has 0 radical (unpaired) electrons. The minimum Gasteiger partial charge on any atom is -0.391 e. The molecule has 1 atom stereocenters. The van der Waals surface area contributed by atoms with E-state index in [9.17, 15) is 5.11 Å². The Morgan fingerprint density at radius 3 is 2.05 bits per heavy atom. The fourth-order valence-corrected chi connectivity index (χ4v) is 6.40. The molecule has 0 aliphatic heterocycles. The van der Waals surface area contributed by atoms with E-state index in [1.807, 2.05) is 0 Å². The molecule has 0 aromatic heterocycles. The van der Waals surface area contributed by atoms with Crippen molar-refractivity contribution in [3.8, 4) is 0 Å². The van der Waals surface area contributed by atoms with Crippen LogP contribution in [0.4, 0.5) is 0 Å². The van der Waals surface area contributed by atoms with Crippen LogP contribution in [-0.2, 0) is 0 Å². The lowest BCUT2D eigenvalue weighted by Gasteiger charge is -2.58. The van der Waals surface area contributed by atoms with Crippen molar-refractivity contribution in [1.29, 1.82) is 0 Å². The number of nitrogens with zero attached hydrogens (tertiary/aromatic N) is 1. The molecule has 0 aromatic carbocycles. The lowest BCUT2D eigenvalue weighted by molar-refractivity contribution is -0.127.